The Balaban J connectivity index is 1.93. The lowest BCUT2D eigenvalue weighted by Crippen LogP contribution is -2.55. The van der Waals surface area contributed by atoms with Crippen LogP contribution in [0.25, 0.3) is 0 Å². The number of carbonyl (C=O) groups is 1. The minimum absolute atomic E-state index is 0.193. The van der Waals surface area contributed by atoms with Crippen molar-refractivity contribution in [1.82, 2.24) is 4.90 Å². The first-order valence-electron chi connectivity index (χ1n) is 9.64. The lowest BCUT2D eigenvalue weighted by molar-refractivity contribution is -0.00293. The summed E-state index contributed by atoms with van der Waals surface area (Å²) < 4.78 is 12.2. The molecule has 0 aromatic heterocycles. The van der Waals surface area contributed by atoms with Crippen molar-refractivity contribution < 1.29 is 14.0 Å². The van der Waals surface area contributed by atoms with Gasteiger partial charge in [0.25, 0.3) is 0 Å². The van der Waals surface area contributed by atoms with Crippen LogP contribution in [0, 0.1) is 11.8 Å². The molecule has 1 amide bonds. The van der Waals surface area contributed by atoms with Gasteiger partial charge in [-0.15, -0.1) is 0 Å². The van der Waals surface area contributed by atoms with E-state index in [0.29, 0.717) is 31.5 Å². The molecule has 1 aromatic rings. The first kappa shape index (κ1) is 21.0. The number of hydrogen-bond donors (Lipinski definition) is 0. The normalized spacial score (nSPS) is 24.4. The number of benzene rings is 1. The molecule has 1 aromatic carbocycles. The molecule has 1 aliphatic rings. The number of likely N-dealkylation sites (tertiary alicyclic amines) is 1. The summed E-state index contributed by atoms with van der Waals surface area (Å²) in [6, 6.07) is 9.81. The molecule has 3 atom stereocenters. The van der Waals surface area contributed by atoms with Crippen LogP contribution in [0.1, 0.15) is 40.2 Å². The number of ether oxygens (including phenoxy) is 1. The quantitative estimate of drug-likeness (QED) is 0.668. The van der Waals surface area contributed by atoms with Gasteiger partial charge in [0, 0.05) is 13.1 Å². The van der Waals surface area contributed by atoms with Crippen LogP contribution < -0.4 is 0 Å². The standard InChI is InChI=1S/C21H35NO3Si/c1-16-13-22(20(23)24-15-18-11-9-8-10-12-18)14-17(2)19(16)25-26(6,7)21(3,4)5/h8-12,16-17,19H,13-15H2,1-7H3/t16-,17+,19+. The molecule has 0 saturated carbocycles. The fraction of sp³-hybridized carbons (Fsp3) is 0.667. The Morgan fingerprint density at radius 1 is 1.12 bits per heavy atom. The highest BCUT2D eigenvalue weighted by Gasteiger charge is 2.43. The van der Waals surface area contributed by atoms with Gasteiger partial charge in [-0.3, -0.25) is 0 Å². The second kappa shape index (κ2) is 8.13. The number of amides is 1. The van der Waals surface area contributed by atoms with Gasteiger partial charge in [-0.2, -0.15) is 0 Å². The summed E-state index contributed by atoms with van der Waals surface area (Å²) in [5.74, 6) is 0.606. The van der Waals surface area contributed by atoms with Crippen molar-refractivity contribution in [2.24, 2.45) is 11.8 Å². The van der Waals surface area contributed by atoms with Crippen LogP contribution in [0.3, 0.4) is 0 Å². The van der Waals surface area contributed by atoms with E-state index >= 15 is 0 Å². The van der Waals surface area contributed by atoms with Crippen LogP contribution in [0.15, 0.2) is 30.3 Å². The molecule has 2 rings (SSSR count). The Bertz CT molecular complexity index is 585. The van der Waals surface area contributed by atoms with Gasteiger partial charge in [0.2, 0.25) is 0 Å². The molecule has 26 heavy (non-hydrogen) atoms. The molecule has 1 fully saturated rings. The highest BCUT2D eigenvalue weighted by molar-refractivity contribution is 6.74. The van der Waals surface area contributed by atoms with E-state index in [4.69, 9.17) is 9.16 Å². The van der Waals surface area contributed by atoms with E-state index in [9.17, 15) is 4.79 Å². The van der Waals surface area contributed by atoms with Crippen LogP contribution >= 0.6 is 0 Å². The number of rotatable bonds is 4. The van der Waals surface area contributed by atoms with Crippen molar-refractivity contribution in [3.8, 4) is 0 Å². The minimum atomic E-state index is -1.82. The van der Waals surface area contributed by atoms with E-state index in [1.54, 1.807) is 0 Å². The molecular weight excluding hydrogens is 342 g/mol. The van der Waals surface area contributed by atoms with Gasteiger partial charge in [-0.1, -0.05) is 65.0 Å². The van der Waals surface area contributed by atoms with Gasteiger partial charge < -0.3 is 14.1 Å². The highest BCUT2D eigenvalue weighted by Crippen LogP contribution is 2.40. The molecule has 1 heterocycles. The monoisotopic (exact) mass is 377 g/mol. The largest absolute Gasteiger partial charge is 0.445 e. The molecule has 1 saturated heterocycles. The van der Waals surface area contributed by atoms with Crippen molar-refractivity contribution in [3.63, 3.8) is 0 Å². The summed E-state index contributed by atoms with van der Waals surface area (Å²) in [5, 5.41) is 0.193. The van der Waals surface area contributed by atoms with Crippen molar-refractivity contribution in [3.05, 3.63) is 35.9 Å². The maximum absolute atomic E-state index is 12.5. The number of hydrogen-bond acceptors (Lipinski definition) is 3. The van der Waals surface area contributed by atoms with Crippen molar-refractivity contribution in [1.29, 1.82) is 0 Å². The summed E-state index contributed by atoms with van der Waals surface area (Å²) in [5.41, 5.74) is 1.01. The molecule has 146 valence electrons. The van der Waals surface area contributed by atoms with Crippen LogP contribution in [0.5, 0.6) is 0 Å². The van der Waals surface area contributed by atoms with Crippen LogP contribution in [-0.2, 0) is 15.8 Å². The van der Waals surface area contributed by atoms with Crippen molar-refractivity contribution >= 4 is 14.4 Å². The average molecular weight is 378 g/mol. The summed E-state index contributed by atoms with van der Waals surface area (Å²) >= 11 is 0. The zero-order valence-corrected chi connectivity index (χ0v) is 18.4. The predicted octanol–water partition coefficient (Wildman–Crippen LogP) is 5.30. The second-order valence-corrected chi connectivity index (χ2v) is 14.0. The third kappa shape index (κ3) is 5.10. The zero-order chi connectivity index (χ0) is 19.5. The van der Waals surface area contributed by atoms with E-state index in [-0.39, 0.29) is 17.2 Å². The zero-order valence-electron chi connectivity index (χ0n) is 17.4. The third-order valence-electron chi connectivity index (χ3n) is 5.84. The summed E-state index contributed by atoms with van der Waals surface area (Å²) in [6.07, 6.45) is -0.0209. The van der Waals surface area contributed by atoms with Gasteiger partial charge in [-0.05, 0) is 35.5 Å². The van der Waals surface area contributed by atoms with Crippen LogP contribution in [-0.4, -0.2) is 38.5 Å². The Morgan fingerprint density at radius 2 is 1.65 bits per heavy atom. The molecule has 1 aliphatic heterocycles. The lowest BCUT2D eigenvalue weighted by Gasteiger charge is -2.46. The molecule has 0 aliphatic carbocycles. The molecular formula is C21H35NO3Si. The van der Waals surface area contributed by atoms with Crippen molar-refractivity contribution in [2.45, 2.75) is 65.5 Å². The van der Waals surface area contributed by atoms with Gasteiger partial charge in [0.1, 0.15) is 6.61 Å². The summed E-state index contributed by atoms with van der Waals surface area (Å²) in [4.78, 5) is 14.3. The van der Waals surface area contributed by atoms with Crippen molar-refractivity contribution in [2.75, 3.05) is 13.1 Å². The van der Waals surface area contributed by atoms with Crippen LogP contribution in [0.4, 0.5) is 4.79 Å². The third-order valence-corrected chi connectivity index (χ3v) is 10.3. The highest BCUT2D eigenvalue weighted by atomic mass is 28.4. The number of piperidine rings is 1. The first-order valence-corrected chi connectivity index (χ1v) is 12.6. The van der Waals surface area contributed by atoms with Crippen LogP contribution in [0.2, 0.25) is 18.1 Å². The first-order chi connectivity index (χ1) is 12.0. The molecule has 5 heteroatoms. The smallest absolute Gasteiger partial charge is 0.410 e. The number of nitrogens with zero attached hydrogens (tertiary/aromatic N) is 1. The molecule has 4 nitrogen and oxygen atoms in total. The Morgan fingerprint density at radius 3 is 2.15 bits per heavy atom. The van der Waals surface area contributed by atoms with E-state index in [2.05, 4.69) is 47.7 Å². The van der Waals surface area contributed by atoms with Gasteiger partial charge in [0.15, 0.2) is 8.32 Å². The molecule has 0 radical (unpaired) electrons. The summed E-state index contributed by atoms with van der Waals surface area (Å²) in [6.45, 7) is 17.5. The maximum Gasteiger partial charge on any atom is 0.410 e. The second-order valence-electron chi connectivity index (χ2n) is 9.24. The van der Waals surface area contributed by atoms with Gasteiger partial charge in [0.05, 0.1) is 6.10 Å². The fourth-order valence-electron chi connectivity index (χ4n) is 3.25. The fourth-order valence-corrected chi connectivity index (χ4v) is 4.75. The Kier molecular flexibility index (Phi) is 6.56. The molecule has 0 N–H and O–H groups in total. The Labute approximate surface area is 160 Å². The minimum Gasteiger partial charge on any atom is -0.445 e. The Hall–Kier alpha value is -1.33. The van der Waals surface area contributed by atoms with Gasteiger partial charge in [-0.25, -0.2) is 4.79 Å². The van der Waals surface area contributed by atoms with Gasteiger partial charge >= 0.3 is 6.09 Å². The summed E-state index contributed by atoms with van der Waals surface area (Å²) in [7, 11) is -1.82. The predicted molar refractivity (Wildman–Crippen MR) is 109 cm³/mol. The molecule has 0 spiro atoms. The topological polar surface area (TPSA) is 38.8 Å². The van der Waals surface area contributed by atoms with E-state index in [1.807, 2.05) is 35.2 Å². The lowest BCUT2D eigenvalue weighted by atomic mass is 9.89. The average Bonchev–Trinajstić information content (AvgIpc) is 2.55. The van der Waals surface area contributed by atoms with E-state index in [1.165, 1.54) is 0 Å². The molecule has 0 bridgehead atoms. The van der Waals surface area contributed by atoms with E-state index in [0.717, 1.165) is 5.56 Å². The molecule has 0 unspecified atom stereocenters. The van der Waals surface area contributed by atoms with E-state index < -0.39 is 8.32 Å². The number of carbonyl (C=O) groups excluding carboxylic acids is 1. The SMILES string of the molecule is C[C@@H]1CN(C(=O)OCc2ccccc2)C[C@H](C)[C@H]1O[Si](C)(C)C(C)(C)C. The maximum atomic E-state index is 12.5.